The summed E-state index contributed by atoms with van der Waals surface area (Å²) in [6.07, 6.45) is 0.764. The fourth-order valence-corrected chi connectivity index (χ4v) is 2.79. The second kappa shape index (κ2) is 5.44. The van der Waals surface area contributed by atoms with E-state index in [0.717, 1.165) is 6.42 Å². The molecule has 1 nitrogen and oxygen atoms in total. The van der Waals surface area contributed by atoms with Crippen LogP contribution in [0.15, 0.2) is 12.1 Å². The van der Waals surface area contributed by atoms with Crippen molar-refractivity contribution in [1.82, 2.24) is 0 Å². The highest BCUT2D eigenvalue weighted by atomic mass is 16.3. The van der Waals surface area contributed by atoms with Crippen LogP contribution in [0.1, 0.15) is 63.0 Å². The minimum Gasteiger partial charge on any atom is -0.388 e. The predicted octanol–water partition coefficient (Wildman–Crippen LogP) is 4.58. The smallest absolute Gasteiger partial charge is 0.0826 e. The van der Waals surface area contributed by atoms with Crippen molar-refractivity contribution in [3.05, 3.63) is 34.4 Å². The summed E-state index contributed by atoms with van der Waals surface area (Å²) < 4.78 is 0. The van der Waals surface area contributed by atoms with Gasteiger partial charge in [0.15, 0.2) is 0 Å². The molecule has 0 amide bonds. The number of hydrogen-bond acceptors (Lipinski definition) is 1. The van der Waals surface area contributed by atoms with Crippen molar-refractivity contribution in [2.75, 3.05) is 0 Å². The van der Waals surface area contributed by atoms with Crippen LogP contribution in [0.25, 0.3) is 0 Å². The largest absolute Gasteiger partial charge is 0.388 e. The molecule has 1 heteroatoms. The Bertz CT molecular complexity index is 418. The lowest BCUT2D eigenvalue weighted by atomic mass is 9.65. The van der Waals surface area contributed by atoms with Gasteiger partial charge in [0.1, 0.15) is 0 Å². The number of benzene rings is 1. The first kappa shape index (κ1) is 15.2. The molecule has 1 N–H and O–H groups in total. The van der Waals surface area contributed by atoms with Gasteiger partial charge in [-0.2, -0.15) is 0 Å². The van der Waals surface area contributed by atoms with E-state index in [4.69, 9.17) is 0 Å². The van der Waals surface area contributed by atoms with Crippen LogP contribution in [0.5, 0.6) is 0 Å². The normalized spacial score (nSPS) is 24.9. The first-order valence-electron chi connectivity index (χ1n) is 7.11. The average molecular weight is 248 g/mol. The number of hydrogen-bond donors (Lipinski definition) is 1. The van der Waals surface area contributed by atoms with Gasteiger partial charge < -0.3 is 5.11 Å². The zero-order chi connectivity index (χ0) is 14.1. The SMILES string of the molecule is CC.Cc1ccc2c(c1C)C(O)C(C)C(C)(C)C2. The molecule has 1 aliphatic carbocycles. The van der Waals surface area contributed by atoms with Crippen LogP contribution in [0, 0.1) is 25.2 Å². The molecule has 0 bridgehead atoms. The van der Waals surface area contributed by atoms with Crippen molar-refractivity contribution in [3.8, 4) is 0 Å². The maximum atomic E-state index is 10.5. The fraction of sp³-hybridized carbons (Fsp3) is 0.647. The molecule has 102 valence electrons. The standard InChI is InChI=1S/C15H22O.C2H6/c1-9-6-7-12-8-15(4,5)11(3)14(16)13(12)10(9)2;1-2/h6-7,11,14,16H,8H2,1-5H3;1-2H3. The van der Waals surface area contributed by atoms with Gasteiger partial charge in [-0.15, -0.1) is 0 Å². The van der Waals surface area contributed by atoms with Crippen LogP contribution in [0.3, 0.4) is 0 Å². The maximum absolute atomic E-state index is 10.5. The third-order valence-corrected chi connectivity index (χ3v) is 4.52. The summed E-state index contributed by atoms with van der Waals surface area (Å²) in [4.78, 5) is 0. The lowest BCUT2D eigenvalue weighted by Crippen LogP contribution is -2.35. The Kier molecular flexibility index (Phi) is 4.61. The summed E-state index contributed by atoms with van der Waals surface area (Å²) in [5.41, 5.74) is 5.26. The van der Waals surface area contributed by atoms with Crippen LogP contribution in [0.4, 0.5) is 0 Å². The maximum Gasteiger partial charge on any atom is 0.0826 e. The summed E-state index contributed by atoms with van der Waals surface area (Å²) in [6.45, 7) is 14.9. The summed E-state index contributed by atoms with van der Waals surface area (Å²) in [5, 5.41) is 10.5. The highest BCUT2D eigenvalue weighted by Crippen LogP contribution is 2.46. The molecule has 0 heterocycles. The first-order chi connectivity index (χ1) is 8.34. The van der Waals surface area contributed by atoms with Crippen LogP contribution in [0.2, 0.25) is 0 Å². The van der Waals surface area contributed by atoms with Crippen LogP contribution >= 0.6 is 0 Å². The topological polar surface area (TPSA) is 20.2 Å². The van der Waals surface area contributed by atoms with Crippen molar-refractivity contribution in [2.45, 2.75) is 61.0 Å². The van der Waals surface area contributed by atoms with Crippen molar-refractivity contribution in [1.29, 1.82) is 0 Å². The Morgan fingerprint density at radius 2 is 1.72 bits per heavy atom. The molecule has 0 saturated carbocycles. The molecule has 2 unspecified atom stereocenters. The van der Waals surface area contributed by atoms with Gasteiger partial charge >= 0.3 is 0 Å². The van der Waals surface area contributed by atoms with Crippen molar-refractivity contribution < 1.29 is 5.11 Å². The van der Waals surface area contributed by atoms with Crippen LogP contribution in [-0.2, 0) is 6.42 Å². The zero-order valence-electron chi connectivity index (χ0n) is 13.0. The molecule has 0 spiro atoms. The molecule has 18 heavy (non-hydrogen) atoms. The molecular weight excluding hydrogens is 220 g/mol. The number of fused-ring (bicyclic) bond motifs is 1. The molecule has 2 atom stereocenters. The average Bonchev–Trinajstić information content (AvgIpc) is 2.33. The number of rotatable bonds is 0. The zero-order valence-corrected chi connectivity index (χ0v) is 13.0. The molecule has 1 aromatic rings. The Morgan fingerprint density at radius 1 is 1.17 bits per heavy atom. The van der Waals surface area contributed by atoms with Gasteiger partial charge in [-0.3, -0.25) is 0 Å². The van der Waals surface area contributed by atoms with Gasteiger partial charge in [-0.05, 0) is 53.9 Å². The lowest BCUT2D eigenvalue weighted by molar-refractivity contribution is 0.0301. The Balaban J connectivity index is 0.000000771. The molecule has 0 aliphatic heterocycles. The van der Waals surface area contributed by atoms with E-state index in [2.05, 4.69) is 46.8 Å². The van der Waals surface area contributed by atoms with Gasteiger partial charge in [-0.25, -0.2) is 0 Å². The van der Waals surface area contributed by atoms with Crippen molar-refractivity contribution in [3.63, 3.8) is 0 Å². The second-order valence-corrected chi connectivity index (χ2v) is 5.98. The number of aliphatic hydroxyl groups is 1. The number of aliphatic hydroxyl groups excluding tert-OH is 1. The monoisotopic (exact) mass is 248 g/mol. The van der Waals surface area contributed by atoms with Gasteiger partial charge in [0, 0.05) is 0 Å². The quantitative estimate of drug-likeness (QED) is 0.712. The summed E-state index contributed by atoms with van der Waals surface area (Å²) >= 11 is 0. The third kappa shape index (κ3) is 2.47. The summed E-state index contributed by atoms with van der Waals surface area (Å²) in [5.74, 6) is 0.320. The molecule has 2 rings (SSSR count). The van der Waals surface area contributed by atoms with Gasteiger partial charge in [0.2, 0.25) is 0 Å². The van der Waals surface area contributed by atoms with Crippen molar-refractivity contribution >= 4 is 0 Å². The predicted molar refractivity (Wildman–Crippen MR) is 78.9 cm³/mol. The minimum absolute atomic E-state index is 0.189. The van der Waals surface area contributed by atoms with Gasteiger partial charge in [0.25, 0.3) is 0 Å². The van der Waals surface area contributed by atoms with E-state index in [0.29, 0.717) is 5.92 Å². The van der Waals surface area contributed by atoms with E-state index >= 15 is 0 Å². The summed E-state index contributed by atoms with van der Waals surface area (Å²) in [7, 11) is 0. The molecular formula is C17H28O. The Hall–Kier alpha value is -0.820. The molecule has 0 saturated heterocycles. The van der Waals surface area contributed by atoms with Crippen molar-refractivity contribution in [2.24, 2.45) is 11.3 Å². The highest BCUT2D eigenvalue weighted by Gasteiger charge is 2.38. The van der Waals surface area contributed by atoms with E-state index in [-0.39, 0.29) is 11.5 Å². The van der Waals surface area contributed by atoms with E-state index in [1.807, 2.05) is 13.8 Å². The highest BCUT2D eigenvalue weighted by molar-refractivity contribution is 5.43. The van der Waals surface area contributed by atoms with Crippen LogP contribution < -0.4 is 0 Å². The van der Waals surface area contributed by atoms with E-state index in [9.17, 15) is 5.11 Å². The molecule has 0 aromatic heterocycles. The van der Waals surface area contributed by atoms with Gasteiger partial charge in [-0.1, -0.05) is 46.8 Å². The lowest BCUT2D eigenvalue weighted by Gasteiger charge is -2.42. The summed E-state index contributed by atoms with van der Waals surface area (Å²) in [6, 6.07) is 4.36. The fourth-order valence-electron chi connectivity index (χ4n) is 2.79. The minimum atomic E-state index is -0.307. The van der Waals surface area contributed by atoms with E-state index in [1.165, 1.54) is 22.3 Å². The Morgan fingerprint density at radius 3 is 2.28 bits per heavy atom. The van der Waals surface area contributed by atoms with Crippen LogP contribution in [-0.4, -0.2) is 5.11 Å². The Labute approximate surface area is 112 Å². The molecule has 1 aliphatic rings. The van der Waals surface area contributed by atoms with E-state index < -0.39 is 0 Å². The van der Waals surface area contributed by atoms with E-state index in [1.54, 1.807) is 0 Å². The first-order valence-corrected chi connectivity index (χ1v) is 7.11. The molecule has 0 fully saturated rings. The second-order valence-electron chi connectivity index (χ2n) is 5.98. The third-order valence-electron chi connectivity index (χ3n) is 4.52. The molecule has 1 aromatic carbocycles. The number of aryl methyl sites for hydroxylation is 1. The molecule has 0 radical (unpaired) electrons. The van der Waals surface area contributed by atoms with Gasteiger partial charge in [0.05, 0.1) is 6.10 Å².